The zero-order valence-corrected chi connectivity index (χ0v) is 50.9. The van der Waals surface area contributed by atoms with Crippen LogP contribution in [0, 0.1) is 44.3 Å². The maximum absolute atomic E-state index is 14.3. The molecule has 386 valence electrons. The standard InChI is InChI=1S/C59H101N2O4.2Ru/c1-41(2)48(4,5)37-54(16,17)61-55(18,19)39-52(12,13)59(24,45-29-30-45)33-34-65-56(20,21)51(10,11)36-50(8,9)47(64)60-53(14,15)38-49(6,7)43-25-27-44(28-26-43)57(22)31-32-58(23,40-57)46(63)35-42(3)62;;/h25-30,41,45H,31-40H2,1-24H3,(H,60,64);;/q-1;2*+1/p-1. The quantitative estimate of drug-likeness (QED) is 0.0554. The van der Waals surface area contributed by atoms with Crippen LogP contribution in [-0.4, -0.2) is 46.3 Å². The van der Waals surface area contributed by atoms with Crippen molar-refractivity contribution in [2.45, 2.75) is 257 Å². The van der Waals surface area contributed by atoms with Gasteiger partial charge in [-0.2, -0.15) is 0 Å². The van der Waals surface area contributed by atoms with Crippen molar-refractivity contribution in [2.75, 3.05) is 6.61 Å². The van der Waals surface area contributed by atoms with E-state index in [0.29, 0.717) is 31.3 Å². The third-order valence-corrected chi connectivity index (χ3v) is 17.5. The van der Waals surface area contributed by atoms with Gasteiger partial charge >= 0.3 is 39.0 Å². The van der Waals surface area contributed by atoms with Gasteiger partial charge in [-0.1, -0.05) is 201 Å². The van der Waals surface area contributed by atoms with Gasteiger partial charge in [0.05, 0.1) is 17.9 Å². The van der Waals surface area contributed by atoms with Crippen LogP contribution in [0.15, 0.2) is 36.4 Å². The monoisotopic (exact) mass is 1100 g/mol. The van der Waals surface area contributed by atoms with Gasteiger partial charge in [-0.3, -0.25) is 9.59 Å². The number of carbonyl (C=O) groups is 3. The van der Waals surface area contributed by atoms with E-state index in [0.717, 1.165) is 38.5 Å². The molecule has 1 amide bonds. The van der Waals surface area contributed by atoms with E-state index in [1.165, 1.54) is 18.1 Å². The predicted octanol–water partition coefficient (Wildman–Crippen LogP) is 16.3. The summed E-state index contributed by atoms with van der Waals surface area (Å²) in [6, 6.07) is 8.89. The smallest absolute Gasteiger partial charge is 0.652 e. The summed E-state index contributed by atoms with van der Waals surface area (Å²) in [7, 11) is 0. The van der Waals surface area contributed by atoms with Crippen molar-refractivity contribution in [1.29, 1.82) is 0 Å². The fourth-order valence-corrected chi connectivity index (χ4v) is 12.5. The first-order valence-electron chi connectivity index (χ1n) is 25.4. The molecule has 3 atom stereocenters. The molecule has 2 radical (unpaired) electrons. The van der Waals surface area contributed by atoms with Crippen LogP contribution in [-0.2, 0) is 68.9 Å². The maximum Gasteiger partial charge on any atom is 1.00 e. The molecule has 0 bridgehead atoms. The van der Waals surface area contributed by atoms with E-state index in [4.69, 9.17) is 15.4 Å². The number of benzene rings is 1. The third-order valence-electron chi connectivity index (χ3n) is 17.5. The Morgan fingerprint density at radius 1 is 0.687 bits per heavy atom. The zero-order chi connectivity index (χ0) is 50.5. The number of rotatable bonds is 25. The number of hydrogen-bond donors (Lipinski definition) is 0. The summed E-state index contributed by atoms with van der Waals surface area (Å²) >= 11 is 0. The molecular formula is C59H100N2O4Ru2. The minimum atomic E-state index is -0.689. The molecule has 1 aromatic rings. The molecule has 1 saturated carbocycles. The Morgan fingerprint density at radius 3 is 1.67 bits per heavy atom. The molecule has 0 aliphatic heterocycles. The molecule has 0 aromatic heterocycles. The van der Waals surface area contributed by atoms with Crippen molar-refractivity contribution in [2.24, 2.45) is 44.3 Å². The van der Waals surface area contributed by atoms with Gasteiger partial charge in [0.25, 0.3) is 0 Å². The van der Waals surface area contributed by atoms with Crippen LogP contribution in [0.2, 0.25) is 0 Å². The van der Waals surface area contributed by atoms with Gasteiger partial charge in [0, 0.05) is 23.4 Å². The fourth-order valence-electron chi connectivity index (χ4n) is 12.5. The van der Waals surface area contributed by atoms with Crippen molar-refractivity contribution in [3.8, 4) is 0 Å². The number of carbonyl (C=O) groups excluding carboxylic acids is 3. The van der Waals surface area contributed by atoms with Crippen LogP contribution in [0.5, 0.6) is 0 Å². The SMILES string of the molecule is CC(=O)CC(=O)C1(C)CCC(C)(c2ccc(C(C)(C)CC(C)(C)[N-]C(=O)C(C)(C)CC(C)(C)C(C)(C)OCCC(C)(C3C=C3)C(C)(C)CC(C)(C)[N-]C(C)(C)CC(C)(C)C(C)C)cc2)C1.[Ru+].[Ru+]. The van der Waals surface area contributed by atoms with E-state index < -0.39 is 22.0 Å². The number of allylic oxidation sites excluding steroid dienone is 2. The summed E-state index contributed by atoms with van der Waals surface area (Å²) in [6.45, 7) is 54.1. The molecular weight excluding hydrogens is 1000 g/mol. The second-order valence-electron chi connectivity index (χ2n) is 28.5. The molecule has 0 spiro atoms. The first-order valence-corrected chi connectivity index (χ1v) is 25.4. The van der Waals surface area contributed by atoms with Gasteiger partial charge in [0.15, 0.2) is 0 Å². The molecule has 0 saturated heterocycles. The molecule has 3 unspecified atom stereocenters. The summed E-state index contributed by atoms with van der Waals surface area (Å²) in [5.41, 5.74) is -0.550. The van der Waals surface area contributed by atoms with Gasteiger partial charge in [0.2, 0.25) is 0 Å². The summed E-state index contributed by atoms with van der Waals surface area (Å²) in [5.74, 6) is 0.984. The van der Waals surface area contributed by atoms with Gasteiger partial charge in [-0.25, -0.2) is 0 Å². The first kappa shape index (κ1) is 64.0. The molecule has 0 heterocycles. The number of ether oxygens (including phenoxy) is 1. The molecule has 1 aromatic carbocycles. The average Bonchev–Trinajstić information content (AvgIpc) is 3.89. The molecule has 8 heteroatoms. The van der Waals surface area contributed by atoms with Crippen LogP contribution in [0.4, 0.5) is 0 Å². The van der Waals surface area contributed by atoms with E-state index >= 15 is 0 Å². The molecule has 1 fully saturated rings. The Bertz CT molecular complexity index is 1880. The summed E-state index contributed by atoms with van der Waals surface area (Å²) in [6.07, 6.45) is 11.5. The molecule has 0 N–H and O–H groups in total. The number of hydrogen-bond acceptors (Lipinski definition) is 4. The van der Waals surface area contributed by atoms with Gasteiger partial charge in [-0.05, 0) is 102 Å². The number of ketones is 2. The van der Waals surface area contributed by atoms with Crippen LogP contribution >= 0.6 is 0 Å². The van der Waals surface area contributed by atoms with Gasteiger partial charge in [0.1, 0.15) is 11.6 Å². The number of Topliss-reactive ketones (excluding diaryl/α,β-unsaturated/α-hetero) is 2. The Labute approximate surface area is 439 Å². The average molecular weight is 1100 g/mol. The van der Waals surface area contributed by atoms with Gasteiger partial charge in [-0.15, -0.1) is 16.6 Å². The van der Waals surface area contributed by atoms with Crippen molar-refractivity contribution in [3.05, 3.63) is 58.2 Å². The Balaban J connectivity index is 0.0000112. The maximum atomic E-state index is 14.3. The minimum absolute atomic E-state index is 0. The van der Waals surface area contributed by atoms with Crippen molar-refractivity contribution in [1.82, 2.24) is 0 Å². The Hall–Kier alpha value is -1.06. The summed E-state index contributed by atoms with van der Waals surface area (Å²) in [5, 5.41) is 10.5. The molecule has 67 heavy (non-hydrogen) atoms. The van der Waals surface area contributed by atoms with Gasteiger partial charge < -0.3 is 20.2 Å². The largest absolute Gasteiger partial charge is 1.00 e. The summed E-state index contributed by atoms with van der Waals surface area (Å²) in [4.78, 5) is 39.0. The fraction of sp³-hybridized carbons (Fsp3) is 0.814. The van der Waals surface area contributed by atoms with Crippen LogP contribution in [0.3, 0.4) is 0 Å². The van der Waals surface area contributed by atoms with E-state index in [9.17, 15) is 14.4 Å². The first-order chi connectivity index (χ1) is 28.9. The summed E-state index contributed by atoms with van der Waals surface area (Å²) < 4.78 is 6.95. The van der Waals surface area contributed by atoms with Crippen LogP contribution in [0.1, 0.15) is 235 Å². The van der Waals surface area contributed by atoms with Crippen LogP contribution < -0.4 is 0 Å². The Morgan fingerprint density at radius 2 is 1.19 bits per heavy atom. The number of amides is 1. The molecule has 2 aliphatic carbocycles. The molecule has 3 rings (SSSR count). The van der Waals surface area contributed by atoms with E-state index in [-0.39, 0.29) is 106 Å². The normalized spacial score (nSPS) is 21.1. The van der Waals surface area contributed by atoms with Crippen molar-refractivity contribution < 1.29 is 58.1 Å². The Kier molecular flexibility index (Phi) is 20.6. The number of nitrogens with zero attached hydrogens (tertiary/aromatic N) is 2. The molecule has 6 nitrogen and oxygen atoms in total. The topological polar surface area (TPSA) is 88.6 Å². The van der Waals surface area contributed by atoms with E-state index in [1.54, 1.807) is 0 Å². The van der Waals surface area contributed by atoms with E-state index in [1.807, 2.05) is 6.92 Å². The predicted molar refractivity (Wildman–Crippen MR) is 277 cm³/mol. The molecule has 2 aliphatic rings. The van der Waals surface area contributed by atoms with Crippen LogP contribution in [0.25, 0.3) is 10.6 Å². The minimum Gasteiger partial charge on any atom is -0.652 e. The van der Waals surface area contributed by atoms with Crippen molar-refractivity contribution >= 4 is 17.5 Å². The third kappa shape index (κ3) is 16.2. The second-order valence-corrected chi connectivity index (χ2v) is 28.5. The van der Waals surface area contributed by atoms with E-state index in [2.05, 4.69) is 189 Å². The zero-order valence-electron chi connectivity index (χ0n) is 47.4. The second kappa shape index (κ2) is 21.6. The van der Waals surface area contributed by atoms with Crippen molar-refractivity contribution in [3.63, 3.8) is 0 Å².